The molecule has 2 aromatic rings. The summed E-state index contributed by atoms with van der Waals surface area (Å²) in [4.78, 5) is 10.9. The van der Waals surface area contributed by atoms with E-state index in [0.717, 1.165) is 11.1 Å². The zero-order valence-corrected chi connectivity index (χ0v) is 17.4. The first-order chi connectivity index (χ1) is 13.1. The summed E-state index contributed by atoms with van der Waals surface area (Å²) in [5, 5.41) is 8.43. The zero-order chi connectivity index (χ0) is 20.9. The normalized spacial score (nSPS) is 12.6. The predicted octanol–water partition coefficient (Wildman–Crippen LogP) is 4.45. The Kier molecular flexibility index (Phi) is 7.07. The number of aryl methyl sites for hydroxylation is 1. The highest BCUT2D eigenvalue weighted by atomic mass is 32.2. The van der Waals surface area contributed by atoms with Gasteiger partial charge in [0.15, 0.2) is 0 Å². The van der Waals surface area contributed by atoms with Crippen molar-refractivity contribution in [2.75, 3.05) is 4.72 Å². The largest absolute Gasteiger partial charge is 0.487 e. The van der Waals surface area contributed by atoms with Crippen LogP contribution in [0.1, 0.15) is 48.7 Å². The summed E-state index contributed by atoms with van der Waals surface area (Å²) < 4.78 is 33.8. The lowest BCUT2D eigenvalue weighted by Crippen LogP contribution is -2.26. The molecule has 6 nitrogen and oxygen atoms in total. The fraction of sp³-hybridized carbons (Fsp3) is 0.381. The van der Waals surface area contributed by atoms with Crippen LogP contribution in [0.25, 0.3) is 0 Å². The number of hydrogen-bond acceptors (Lipinski definition) is 4. The summed E-state index contributed by atoms with van der Waals surface area (Å²) in [6, 6.07) is 11.7. The van der Waals surface area contributed by atoms with Gasteiger partial charge in [0, 0.05) is 0 Å². The van der Waals surface area contributed by atoms with Gasteiger partial charge in [0.1, 0.15) is 12.4 Å². The molecule has 1 unspecified atom stereocenters. The average Bonchev–Trinajstić information content (AvgIpc) is 2.60. The van der Waals surface area contributed by atoms with E-state index in [4.69, 9.17) is 9.84 Å². The molecule has 1 atom stereocenters. The highest BCUT2D eigenvalue weighted by Gasteiger charge is 2.23. The van der Waals surface area contributed by atoms with Crippen molar-refractivity contribution in [2.45, 2.75) is 46.0 Å². The molecule has 0 aromatic heterocycles. The van der Waals surface area contributed by atoms with Crippen molar-refractivity contribution in [1.29, 1.82) is 0 Å². The number of hydrogen-bond donors (Lipinski definition) is 2. The zero-order valence-electron chi connectivity index (χ0n) is 16.6. The van der Waals surface area contributed by atoms with Gasteiger partial charge in [-0.3, -0.25) is 4.72 Å². The van der Waals surface area contributed by atoms with Gasteiger partial charge in [0.25, 0.3) is 0 Å². The molecule has 2 aromatic carbocycles. The lowest BCUT2D eigenvalue weighted by molar-refractivity contribution is 0.0697. The van der Waals surface area contributed by atoms with Crippen molar-refractivity contribution < 1.29 is 23.1 Å². The van der Waals surface area contributed by atoms with E-state index in [0.29, 0.717) is 17.9 Å². The van der Waals surface area contributed by atoms with Crippen LogP contribution in [0, 0.1) is 12.8 Å². The fourth-order valence-electron chi connectivity index (χ4n) is 2.80. The van der Waals surface area contributed by atoms with Gasteiger partial charge in [-0.1, -0.05) is 32.0 Å². The van der Waals surface area contributed by atoms with Gasteiger partial charge in [-0.2, -0.15) is 0 Å². The van der Waals surface area contributed by atoms with E-state index in [1.165, 1.54) is 12.1 Å². The van der Waals surface area contributed by atoms with Crippen molar-refractivity contribution in [1.82, 2.24) is 0 Å². The number of rotatable bonds is 9. The second-order valence-electron chi connectivity index (χ2n) is 7.38. The number of anilines is 1. The Hall–Kier alpha value is -2.54. The van der Waals surface area contributed by atoms with Crippen molar-refractivity contribution in [2.24, 2.45) is 5.92 Å². The molecule has 152 valence electrons. The molecule has 0 saturated heterocycles. The van der Waals surface area contributed by atoms with Crippen LogP contribution in [0.2, 0.25) is 0 Å². The topological polar surface area (TPSA) is 92.7 Å². The first kappa shape index (κ1) is 21.8. The highest BCUT2D eigenvalue weighted by Crippen LogP contribution is 2.29. The molecule has 28 heavy (non-hydrogen) atoms. The van der Waals surface area contributed by atoms with Crippen LogP contribution in [0.3, 0.4) is 0 Å². The Morgan fingerprint density at radius 1 is 1.11 bits per heavy atom. The van der Waals surface area contributed by atoms with Crippen LogP contribution in [0.15, 0.2) is 42.5 Å². The highest BCUT2D eigenvalue weighted by molar-refractivity contribution is 7.93. The third-order valence-corrected chi connectivity index (χ3v) is 6.07. The molecule has 2 N–H and O–H groups in total. The number of nitrogens with one attached hydrogen (secondary N) is 1. The Morgan fingerprint density at radius 2 is 1.75 bits per heavy atom. The second-order valence-corrected chi connectivity index (χ2v) is 9.48. The summed E-state index contributed by atoms with van der Waals surface area (Å²) in [6.45, 7) is 7.75. The molecule has 0 fully saturated rings. The molecule has 0 saturated carbocycles. The van der Waals surface area contributed by atoms with E-state index < -0.39 is 21.2 Å². The third-order valence-electron chi connectivity index (χ3n) is 4.32. The number of aromatic carboxylic acids is 1. The summed E-state index contributed by atoms with van der Waals surface area (Å²) in [5.74, 6) is -0.292. The van der Waals surface area contributed by atoms with Crippen molar-refractivity contribution >= 4 is 21.7 Å². The maximum Gasteiger partial charge on any atom is 0.335 e. The van der Waals surface area contributed by atoms with Gasteiger partial charge in [0.2, 0.25) is 10.0 Å². The van der Waals surface area contributed by atoms with Crippen molar-refractivity contribution in [3.05, 3.63) is 59.2 Å². The molecule has 0 aliphatic rings. The van der Waals surface area contributed by atoms with Crippen LogP contribution in [-0.4, -0.2) is 24.7 Å². The van der Waals surface area contributed by atoms with E-state index in [1.807, 2.05) is 26.8 Å². The fourth-order valence-corrected chi connectivity index (χ4v) is 4.10. The van der Waals surface area contributed by atoms with Gasteiger partial charge in [-0.15, -0.1) is 0 Å². The third kappa shape index (κ3) is 5.99. The van der Waals surface area contributed by atoms with Gasteiger partial charge in [-0.05, 0) is 61.6 Å². The van der Waals surface area contributed by atoms with Gasteiger partial charge in [-0.25, -0.2) is 13.2 Å². The average molecular weight is 406 g/mol. The van der Waals surface area contributed by atoms with Crippen molar-refractivity contribution in [3.8, 4) is 5.75 Å². The quantitative estimate of drug-likeness (QED) is 0.643. The summed E-state index contributed by atoms with van der Waals surface area (Å²) in [7, 11) is -3.54. The Morgan fingerprint density at radius 3 is 2.32 bits per heavy atom. The van der Waals surface area contributed by atoms with Crippen LogP contribution < -0.4 is 9.46 Å². The molecular weight excluding hydrogens is 378 g/mol. The minimum atomic E-state index is -3.54. The molecule has 0 aliphatic carbocycles. The number of carbonyl (C=O) groups is 1. The minimum absolute atomic E-state index is 0.194. The van der Waals surface area contributed by atoms with E-state index in [2.05, 4.69) is 4.72 Å². The Bertz CT molecular complexity index is 920. The molecule has 0 radical (unpaired) electrons. The number of ether oxygens (including phenoxy) is 1. The molecule has 0 bridgehead atoms. The number of carboxylic acids is 1. The lowest BCUT2D eigenvalue weighted by Gasteiger charge is -2.19. The van der Waals surface area contributed by atoms with E-state index in [1.54, 1.807) is 31.2 Å². The van der Waals surface area contributed by atoms with E-state index >= 15 is 0 Å². The van der Waals surface area contributed by atoms with Crippen LogP contribution >= 0.6 is 0 Å². The van der Waals surface area contributed by atoms with Gasteiger partial charge in [0.05, 0.1) is 16.5 Å². The van der Waals surface area contributed by atoms with Gasteiger partial charge < -0.3 is 9.84 Å². The van der Waals surface area contributed by atoms with Crippen LogP contribution in [0.5, 0.6) is 5.75 Å². The Labute approximate surface area is 166 Å². The smallest absolute Gasteiger partial charge is 0.335 e. The molecule has 2 rings (SSSR count). The Balaban J connectivity index is 2.16. The monoisotopic (exact) mass is 405 g/mol. The number of sulfonamides is 1. The second kappa shape index (κ2) is 9.10. The SMILES string of the molecule is Cc1ccc(OCc2ccc(C(=O)O)cc2)c(NS(=O)(=O)C(C)CC(C)C)c1. The lowest BCUT2D eigenvalue weighted by atomic mass is 10.1. The summed E-state index contributed by atoms with van der Waals surface area (Å²) >= 11 is 0. The summed E-state index contributed by atoms with van der Waals surface area (Å²) in [6.07, 6.45) is 0.563. The van der Waals surface area contributed by atoms with E-state index in [9.17, 15) is 13.2 Å². The standard InChI is InChI=1S/C21H27NO5S/c1-14(2)11-16(4)28(25,26)22-19-12-15(3)5-10-20(19)27-13-17-6-8-18(9-7-17)21(23)24/h5-10,12,14,16,22H,11,13H2,1-4H3,(H,23,24). The first-order valence-corrected chi connectivity index (χ1v) is 10.7. The molecule has 7 heteroatoms. The van der Waals surface area contributed by atoms with Crippen LogP contribution in [-0.2, 0) is 16.6 Å². The maximum absolute atomic E-state index is 12.7. The molecule has 0 amide bonds. The summed E-state index contributed by atoms with van der Waals surface area (Å²) in [5.41, 5.74) is 2.30. The molecular formula is C21H27NO5S. The van der Waals surface area contributed by atoms with Gasteiger partial charge >= 0.3 is 5.97 Å². The molecule has 0 aliphatic heterocycles. The minimum Gasteiger partial charge on any atom is -0.487 e. The molecule has 0 heterocycles. The van der Waals surface area contributed by atoms with Crippen LogP contribution in [0.4, 0.5) is 5.69 Å². The van der Waals surface area contributed by atoms with E-state index in [-0.39, 0.29) is 18.1 Å². The number of carboxylic acid groups (broad SMARTS) is 1. The predicted molar refractivity (Wildman–Crippen MR) is 110 cm³/mol. The van der Waals surface area contributed by atoms with Crippen molar-refractivity contribution in [3.63, 3.8) is 0 Å². The number of benzene rings is 2. The molecule has 0 spiro atoms. The first-order valence-electron chi connectivity index (χ1n) is 9.16. The maximum atomic E-state index is 12.7.